The van der Waals surface area contributed by atoms with Crippen LogP contribution in [0.15, 0.2) is 24.5 Å². The summed E-state index contributed by atoms with van der Waals surface area (Å²) in [5.41, 5.74) is 0.720. The predicted octanol–water partition coefficient (Wildman–Crippen LogP) is 2.02. The van der Waals surface area contributed by atoms with E-state index in [1.54, 1.807) is 24.5 Å². The Hall–Kier alpha value is -1.95. The molecule has 1 aromatic rings. The van der Waals surface area contributed by atoms with Crippen molar-refractivity contribution in [3.8, 4) is 0 Å². The minimum absolute atomic E-state index is 0.108. The minimum Gasteiger partial charge on any atom is -0.342 e. The number of hydrogen-bond donors (Lipinski definition) is 0. The highest BCUT2D eigenvalue weighted by Crippen LogP contribution is 2.26. The standard InChI is InChI=1S/C21H30N4O2/c26-20(17-5-9-22-10-6-17)24-14-7-19(8-15-24)25-13-3-4-18(16-25)21(27)23-11-1-2-12-23/h5-6,9-10,18-19H,1-4,7-8,11-16H2. The number of rotatable bonds is 3. The van der Waals surface area contributed by atoms with Crippen molar-refractivity contribution in [1.82, 2.24) is 19.7 Å². The van der Waals surface area contributed by atoms with Crippen LogP contribution >= 0.6 is 0 Å². The minimum atomic E-state index is 0.108. The van der Waals surface area contributed by atoms with E-state index in [1.165, 1.54) is 0 Å². The van der Waals surface area contributed by atoms with Gasteiger partial charge >= 0.3 is 0 Å². The van der Waals surface area contributed by atoms with Gasteiger partial charge in [-0.05, 0) is 57.2 Å². The summed E-state index contributed by atoms with van der Waals surface area (Å²) in [7, 11) is 0. The van der Waals surface area contributed by atoms with E-state index >= 15 is 0 Å². The van der Waals surface area contributed by atoms with Gasteiger partial charge in [-0.2, -0.15) is 0 Å². The lowest BCUT2D eigenvalue weighted by atomic mass is 9.92. The Labute approximate surface area is 161 Å². The van der Waals surface area contributed by atoms with Crippen LogP contribution in [-0.2, 0) is 4.79 Å². The fourth-order valence-corrected chi connectivity index (χ4v) is 4.85. The molecule has 0 radical (unpaired) electrons. The van der Waals surface area contributed by atoms with Crippen LogP contribution in [0.3, 0.4) is 0 Å². The highest BCUT2D eigenvalue weighted by molar-refractivity contribution is 5.94. The molecular weight excluding hydrogens is 340 g/mol. The van der Waals surface area contributed by atoms with Gasteiger partial charge in [-0.1, -0.05) is 0 Å². The van der Waals surface area contributed by atoms with Gasteiger partial charge < -0.3 is 9.80 Å². The number of amides is 2. The maximum Gasteiger partial charge on any atom is 0.253 e. The first kappa shape index (κ1) is 18.4. The van der Waals surface area contributed by atoms with Crippen LogP contribution in [0, 0.1) is 5.92 Å². The number of pyridine rings is 1. The zero-order chi connectivity index (χ0) is 18.6. The van der Waals surface area contributed by atoms with Crippen LogP contribution in [0.5, 0.6) is 0 Å². The van der Waals surface area contributed by atoms with Crippen molar-refractivity contribution in [2.45, 2.75) is 44.6 Å². The lowest BCUT2D eigenvalue weighted by molar-refractivity contribution is -0.136. The third-order valence-corrected chi connectivity index (χ3v) is 6.42. The molecule has 3 fully saturated rings. The first-order chi connectivity index (χ1) is 13.2. The molecule has 1 aromatic heterocycles. The molecule has 0 aliphatic carbocycles. The monoisotopic (exact) mass is 370 g/mol. The number of hydrogen-bond acceptors (Lipinski definition) is 4. The van der Waals surface area contributed by atoms with Gasteiger partial charge in [0.2, 0.25) is 5.91 Å². The maximum atomic E-state index is 12.8. The Morgan fingerprint density at radius 2 is 1.56 bits per heavy atom. The van der Waals surface area contributed by atoms with Crippen molar-refractivity contribution in [3.63, 3.8) is 0 Å². The third kappa shape index (κ3) is 4.15. The second-order valence-electron chi connectivity index (χ2n) is 8.13. The molecule has 0 spiro atoms. The Balaban J connectivity index is 1.30. The van der Waals surface area contributed by atoms with Crippen molar-refractivity contribution >= 4 is 11.8 Å². The third-order valence-electron chi connectivity index (χ3n) is 6.42. The number of nitrogens with zero attached hydrogens (tertiary/aromatic N) is 4. The summed E-state index contributed by atoms with van der Waals surface area (Å²) in [5, 5.41) is 0. The van der Waals surface area contributed by atoms with E-state index in [0.29, 0.717) is 11.9 Å². The average Bonchev–Trinajstić information content (AvgIpc) is 3.28. The average molecular weight is 370 g/mol. The van der Waals surface area contributed by atoms with Crippen LogP contribution in [0.1, 0.15) is 48.9 Å². The molecule has 3 aliphatic heterocycles. The van der Waals surface area contributed by atoms with Gasteiger partial charge in [0.15, 0.2) is 0 Å². The van der Waals surface area contributed by atoms with E-state index in [9.17, 15) is 9.59 Å². The molecule has 4 rings (SSSR count). The van der Waals surface area contributed by atoms with Crippen molar-refractivity contribution in [3.05, 3.63) is 30.1 Å². The van der Waals surface area contributed by atoms with Gasteiger partial charge in [0.25, 0.3) is 5.91 Å². The molecule has 0 saturated carbocycles. The van der Waals surface area contributed by atoms with Crippen LogP contribution in [0.4, 0.5) is 0 Å². The highest BCUT2D eigenvalue weighted by Gasteiger charge is 2.34. The van der Waals surface area contributed by atoms with Crippen LogP contribution in [-0.4, -0.2) is 76.8 Å². The quantitative estimate of drug-likeness (QED) is 0.817. The van der Waals surface area contributed by atoms with Crippen LogP contribution in [0.25, 0.3) is 0 Å². The molecule has 1 unspecified atom stereocenters. The van der Waals surface area contributed by atoms with Crippen molar-refractivity contribution in [2.24, 2.45) is 5.92 Å². The summed E-state index contributed by atoms with van der Waals surface area (Å²) >= 11 is 0. The molecule has 0 aromatic carbocycles. The zero-order valence-electron chi connectivity index (χ0n) is 16.1. The second kappa shape index (κ2) is 8.38. The molecule has 4 heterocycles. The fourth-order valence-electron chi connectivity index (χ4n) is 4.85. The van der Waals surface area contributed by atoms with Gasteiger partial charge in [0, 0.05) is 56.7 Å². The molecule has 2 amide bonds. The van der Waals surface area contributed by atoms with Gasteiger partial charge in [-0.3, -0.25) is 19.5 Å². The Morgan fingerprint density at radius 3 is 2.26 bits per heavy atom. The maximum absolute atomic E-state index is 12.8. The molecular formula is C21H30N4O2. The number of carbonyl (C=O) groups is 2. The van der Waals surface area contributed by atoms with Gasteiger partial charge in [-0.25, -0.2) is 0 Å². The number of carbonyl (C=O) groups excluding carboxylic acids is 2. The van der Waals surface area contributed by atoms with Crippen molar-refractivity contribution < 1.29 is 9.59 Å². The first-order valence-electron chi connectivity index (χ1n) is 10.4. The topological polar surface area (TPSA) is 56.8 Å². The normalized spacial score (nSPS) is 25.0. The molecule has 3 aliphatic rings. The largest absolute Gasteiger partial charge is 0.342 e. The molecule has 1 atom stereocenters. The predicted molar refractivity (Wildman–Crippen MR) is 103 cm³/mol. The molecule has 3 saturated heterocycles. The molecule has 146 valence electrons. The van der Waals surface area contributed by atoms with Gasteiger partial charge in [0.05, 0.1) is 5.92 Å². The summed E-state index contributed by atoms with van der Waals surface area (Å²) in [6.07, 6.45) is 9.81. The molecule has 0 N–H and O–H groups in total. The van der Waals surface area contributed by atoms with E-state index in [2.05, 4.69) is 14.8 Å². The van der Waals surface area contributed by atoms with E-state index in [0.717, 1.165) is 83.4 Å². The summed E-state index contributed by atoms with van der Waals surface area (Å²) < 4.78 is 0. The van der Waals surface area contributed by atoms with Gasteiger partial charge in [0.1, 0.15) is 0 Å². The van der Waals surface area contributed by atoms with Gasteiger partial charge in [-0.15, -0.1) is 0 Å². The zero-order valence-corrected chi connectivity index (χ0v) is 16.1. The van der Waals surface area contributed by atoms with E-state index < -0.39 is 0 Å². The Kier molecular flexibility index (Phi) is 5.72. The van der Waals surface area contributed by atoms with E-state index in [4.69, 9.17) is 0 Å². The summed E-state index contributed by atoms with van der Waals surface area (Å²) in [6.45, 7) is 5.49. The Bertz CT molecular complexity index is 651. The van der Waals surface area contributed by atoms with Crippen molar-refractivity contribution in [2.75, 3.05) is 39.3 Å². The van der Waals surface area contributed by atoms with E-state index in [1.807, 2.05) is 4.90 Å². The summed E-state index contributed by atoms with van der Waals surface area (Å²) in [6, 6.07) is 4.07. The van der Waals surface area contributed by atoms with Crippen LogP contribution < -0.4 is 0 Å². The number of aromatic nitrogens is 1. The fraction of sp³-hybridized carbons (Fsp3) is 0.667. The first-order valence-corrected chi connectivity index (χ1v) is 10.4. The molecule has 6 heteroatoms. The number of piperidine rings is 2. The molecule has 0 bridgehead atoms. The van der Waals surface area contributed by atoms with E-state index in [-0.39, 0.29) is 11.8 Å². The SMILES string of the molecule is O=C(c1ccncc1)N1CCC(N2CCCC(C(=O)N3CCCC3)C2)CC1. The van der Waals surface area contributed by atoms with Crippen molar-refractivity contribution in [1.29, 1.82) is 0 Å². The molecule has 27 heavy (non-hydrogen) atoms. The number of likely N-dealkylation sites (tertiary alicyclic amines) is 3. The lowest BCUT2D eigenvalue weighted by Gasteiger charge is -2.42. The summed E-state index contributed by atoms with van der Waals surface area (Å²) in [5.74, 6) is 0.660. The smallest absolute Gasteiger partial charge is 0.253 e. The highest BCUT2D eigenvalue weighted by atomic mass is 16.2. The second-order valence-corrected chi connectivity index (χ2v) is 8.13. The summed E-state index contributed by atoms with van der Waals surface area (Å²) in [4.78, 5) is 35.9. The molecule has 6 nitrogen and oxygen atoms in total. The Morgan fingerprint density at radius 1 is 0.852 bits per heavy atom. The van der Waals surface area contributed by atoms with Crippen LogP contribution in [0.2, 0.25) is 0 Å². The lowest BCUT2D eigenvalue weighted by Crippen LogP contribution is -2.51.